The lowest BCUT2D eigenvalue weighted by atomic mass is 9.95. The molecule has 0 fully saturated rings. The van der Waals surface area contributed by atoms with Crippen molar-refractivity contribution in [2.24, 2.45) is 0 Å². The van der Waals surface area contributed by atoms with Gasteiger partial charge in [0.25, 0.3) is 0 Å². The number of hydrogen-bond acceptors (Lipinski definition) is 4. The maximum Gasteiger partial charge on any atom is 0.128 e. The van der Waals surface area contributed by atoms with E-state index in [1.54, 1.807) is 0 Å². The number of hydrogen-bond donors (Lipinski definition) is 4. The van der Waals surface area contributed by atoms with E-state index in [0.717, 1.165) is 78.0 Å². The van der Waals surface area contributed by atoms with Crippen LogP contribution in [0.15, 0.2) is 121 Å². The summed E-state index contributed by atoms with van der Waals surface area (Å²) in [6.07, 6.45) is 1.66. The molecule has 3 aromatic heterocycles. The number of aliphatic hydroxyl groups is 2. The van der Waals surface area contributed by atoms with Crippen molar-refractivity contribution < 1.29 is 10.2 Å². The average molecular weight is 817 g/mol. The molecule has 2 atom stereocenters. The zero-order chi connectivity index (χ0) is 43.4. The second kappa shape index (κ2) is 16.5. The molecule has 4 N–H and O–H groups in total. The van der Waals surface area contributed by atoms with Crippen molar-refractivity contribution in [2.75, 3.05) is 0 Å². The molecule has 2 aliphatic rings. The predicted octanol–water partition coefficient (Wildman–Crippen LogP) is 14.4. The molecule has 4 aromatic carbocycles. The Kier molecular flexibility index (Phi) is 10.9. The first-order chi connectivity index (χ1) is 29.9. The summed E-state index contributed by atoms with van der Waals surface area (Å²) in [6.45, 7) is 17.6. The number of H-pyrrole nitrogens is 2. The molecule has 0 radical (unpaired) electrons. The van der Waals surface area contributed by atoms with Gasteiger partial charge in [-0.2, -0.15) is 0 Å². The molecule has 8 bridgehead atoms. The van der Waals surface area contributed by atoms with Crippen molar-refractivity contribution >= 4 is 34.2 Å². The van der Waals surface area contributed by atoms with Gasteiger partial charge >= 0.3 is 0 Å². The van der Waals surface area contributed by atoms with E-state index in [2.05, 4.69) is 199 Å². The normalized spacial score (nSPS) is 15.1. The van der Waals surface area contributed by atoms with Gasteiger partial charge in [-0.25, -0.2) is 4.98 Å². The molecule has 7 aromatic rings. The Morgan fingerprint density at radius 1 is 0.355 bits per heavy atom. The van der Waals surface area contributed by atoms with Gasteiger partial charge in [0.1, 0.15) is 12.2 Å². The lowest BCUT2D eigenvalue weighted by Crippen LogP contribution is -2.05. The maximum absolute atomic E-state index is 12.2. The van der Waals surface area contributed by atoms with Gasteiger partial charge < -0.3 is 20.2 Å². The highest BCUT2D eigenvalue weighted by atomic mass is 16.3. The fourth-order valence-corrected chi connectivity index (χ4v) is 8.89. The average Bonchev–Trinajstić information content (AvgIpc) is 4.10. The molecular formula is C56H56N4O2. The van der Waals surface area contributed by atoms with Gasteiger partial charge in [-0.15, -0.1) is 0 Å². The summed E-state index contributed by atoms with van der Waals surface area (Å²) >= 11 is 0. The Bertz CT molecular complexity index is 2770. The van der Waals surface area contributed by atoms with Crippen LogP contribution >= 0.6 is 0 Å². The molecule has 6 heteroatoms. The zero-order valence-electron chi connectivity index (χ0n) is 37.0. The monoisotopic (exact) mass is 816 g/mol. The Balaban J connectivity index is 1.45. The van der Waals surface area contributed by atoms with Gasteiger partial charge in [0.2, 0.25) is 0 Å². The first-order valence-corrected chi connectivity index (χ1v) is 22.1. The van der Waals surface area contributed by atoms with Crippen molar-refractivity contribution in [1.82, 2.24) is 19.9 Å². The Labute approximate surface area is 365 Å². The van der Waals surface area contributed by atoms with Crippen molar-refractivity contribution in [3.63, 3.8) is 0 Å². The van der Waals surface area contributed by atoms with Crippen molar-refractivity contribution in [3.05, 3.63) is 166 Å². The van der Waals surface area contributed by atoms with Crippen LogP contribution in [0.1, 0.15) is 136 Å². The third-order valence-corrected chi connectivity index (χ3v) is 12.7. The predicted molar refractivity (Wildman–Crippen MR) is 258 cm³/mol. The highest BCUT2D eigenvalue weighted by molar-refractivity contribution is 5.97. The molecule has 9 rings (SSSR count). The summed E-state index contributed by atoms with van der Waals surface area (Å²) in [5.74, 6) is 1.48. The van der Waals surface area contributed by atoms with Crippen molar-refractivity contribution in [2.45, 2.75) is 91.3 Å². The maximum atomic E-state index is 12.2. The smallest absolute Gasteiger partial charge is 0.128 e. The fourth-order valence-electron chi connectivity index (χ4n) is 8.89. The molecule has 0 saturated carbocycles. The van der Waals surface area contributed by atoms with E-state index < -0.39 is 12.2 Å². The lowest BCUT2D eigenvalue weighted by molar-refractivity contribution is 0.0260. The molecule has 0 aliphatic carbocycles. The van der Waals surface area contributed by atoms with Crippen LogP contribution in [0.2, 0.25) is 0 Å². The van der Waals surface area contributed by atoms with E-state index in [1.165, 1.54) is 22.3 Å². The fraction of sp³-hybridized carbons (Fsp3) is 0.250. The number of nitrogens with one attached hydrogen (secondary N) is 2. The Hall–Kier alpha value is -6.34. The zero-order valence-corrected chi connectivity index (χ0v) is 37.0. The van der Waals surface area contributed by atoms with Gasteiger partial charge in [-0.05, 0) is 105 Å². The van der Waals surface area contributed by atoms with Crippen molar-refractivity contribution in [3.8, 4) is 44.5 Å². The number of aromatic amines is 2. The number of nitrogens with zero attached hydrogens (tertiary/aromatic N) is 2. The van der Waals surface area contributed by atoms with Gasteiger partial charge in [-0.1, -0.05) is 152 Å². The summed E-state index contributed by atoms with van der Waals surface area (Å²) in [7, 11) is 0. The van der Waals surface area contributed by atoms with Gasteiger partial charge in [0.15, 0.2) is 0 Å². The quantitative estimate of drug-likeness (QED) is 0.123. The number of benzene rings is 4. The van der Waals surface area contributed by atoms with Crippen molar-refractivity contribution in [1.29, 1.82) is 0 Å². The Morgan fingerprint density at radius 2 is 0.613 bits per heavy atom. The molecule has 62 heavy (non-hydrogen) atoms. The molecule has 312 valence electrons. The van der Waals surface area contributed by atoms with E-state index in [-0.39, 0.29) is 0 Å². The van der Waals surface area contributed by atoms with Crippen LogP contribution in [0.4, 0.5) is 0 Å². The topological polar surface area (TPSA) is 97.8 Å². The van der Waals surface area contributed by atoms with Crippen LogP contribution < -0.4 is 0 Å². The first-order valence-electron chi connectivity index (χ1n) is 22.1. The SMILES string of the molecule is CC(C)c1ccc(-c2c3nc(c(-c4ccc(C(C)C)cc4)c4ccc([nH]4)c(-c4ccc(C(C)C)cc4)c4nc(c(-c5ccc(C(C)C)cc5)c5ccc2[nH]5)[C@@H](O)[C@H]4O)C=C3)cc1. The third kappa shape index (κ3) is 7.52. The summed E-state index contributed by atoms with van der Waals surface area (Å²) in [6, 6.07) is 42.8. The number of aromatic nitrogens is 4. The highest BCUT2D eigenvalue weighted by Gasteiger charge is 2.34. The number of rotatable bonds is 8. The molecular weight excluding hydrogens is 761 g/mol. The minimum absolute atomic E-state index is 0.350. The van der Waals surface area contributed by atoms with Crippen LogP contribution in [0.25, 0.3) is 78.7 Å². The van der Waals surface area contributed by atoms with Crippen LogP contribution in [0.5, 0.6) is 0 Å². The van der Waals surface area contributed by atoms with Gasteiger partial charge in [-0.3, -0.25) is 4.98 Å². The van der Waals surface area contributed by atoms with E-state index >= 15 is 0 Å². The van der Waals surface area contributed by atoms with Gasteiger partial charge in [0, 0.05) is 44.3 Å². The first kappa shape index (κ1) is 41.0. The van der Waals surface area contributed by atoms with Crippen LogP contribution in [-0.2, 0) is 0 Å². The molecule has 0 spiro atoms. The summed E-state index contributed by atoms with van der Waals surface area (Å²) in [5.41, 5.74) is 18.0. The highest BCUT2D eigenvalue weighted by Crippen LogP contribution is 2.45. The van der Waals surface area contributed by atoms with E-state index in [0.29, 0.717) is 35.1 Å². The Morgan fingerprint density at radius 3 is 0.887 bits per heavy atom. The van der Waals surface area contributed by atoms with Crippen LogP contribution in [0, 0.1) is 0 Å². The second-order valence-electron chi connectivity index (χ2n) is 18.2. The standard InChI is InChI=1S/C56H56N4O2/c1-31(2)35-9-17-39(18-10-35)49-43-25-26-44(57-43)50(40-19-11-36(12-20-40)32(3)4)46-28-30-48(59-46)52(42-23-15-38(16-24-42)34(7)8)54-56(62)55(61)53(60-54)51(47-29-27-45(49)58-47)41-21-13-37(14-22-41)33(5)6/h9-34,55-56,58-59,61-62H,1-8H3/t55-,56+. The third-order valence-electron chi connectivity index (χ3n) is 12.7. The van der Waals surface area contributed by atoms with E-state index in [4.69, 9.17) is 9.97 Å². The molecule has 2 aliphatic heterocycles. The molecule has 0 saturated heterocycles. The number of aliphatic hydroxyl groups excluding tert-OH is 2. The minimum atomic E-state index is -1.29. The summed E-state index contributed by atoms with van der Waals surface area (Å²) < 4.78 is 0. The molecule has 0 unspecified atom stereocenters. The second-order valence-corrected chi connectivity index (χ2v) is 18.2. The summed E-state index contributed by atoms with van der Waals surface area (Å²) in [4.78, 5) is 18.3. The van der Waals surface area contributed by atoms with Crippen LogP contribution in [-0.4, -0.2) is 30.1 Å². The lowest BCUT2D eigenvalue weighted by Gasteiger charge is -2.14. The molecule has 6 nitrogen and oxygen atoms in total. The molecule has 0 amide bonds. The van der Waals surface area contributed by atoms with Gasteiger partial charge in [0.05, 0.1) is 22.8 Å². The minimum Gasteiger partial charge on any atom is -0.384 e. The molecule has 5 heterocycles. The summed E-state index contributed by atoms with van der Waals surface area (Å²) in [5, 5.41) is 24.5. The number of fused-ring (bicyclic) bond motifs is 8. The van der Waals surface area contributed by atoms with E-state index in [9.17, 15) is 10.2 Å². The van der Waals surface area contributed by atoms with E-state index in [1.807, 2.05) is 0 Å². The largest absolute Gasteiger partial charge is 0.384 e. The van der Waals surface area contributed by atoms with Crippen LogP contribution in [0.3, 0.4) is 0 Å².